The Kier molecular flexibility index (Phi) is 3.46. The number of aromatic carboxylic acids is 1. The number of carboxylic acids is 1. The summed E-state index contributed by atoms with van der Waals surface area (Å²) in [4.78, 5) is 10.9. The summed E-state index contributed by atoms with van der Waals surface area (Å²) >= 11 is 0. The lowest BCUT2D eigenvalue weighted by Gasteiger charge is -2.07. The standard InChI is InChI=1S/C12H14O2/c1-3-9(4-2)10-7-5-6-8-11(10)12(13)14/h3,5-8H,4H2,1-2H3,(H,13,14). The van der Waals surface area contributed by atoms with E-state index in [1.165, 1.54) is 0 Å². The molecule has 74 valence electrons. The minimum atomic E-state index is -0.867. The van der Waals surface area contributed by atoms with E-state index in [0.717, 1.165) is 17.6 Å². The Balaban J connectivity index is 3.26. The highest BCUT2D eigenvalue weighted by molar-refractivity contribution is 5.94. The highest BCUT2D eigenvalue weighted by atomic mass is 16.4. The first-order valence-electron chi connectivity index (χ1n) is 4.68. The van der Waals surface area contributed by atoms with Crippen LogP contribution in [0.1, 0.15) is 36.2 Å². The molecule has 1 rings (SSSR count). The van der Waals surface area contributed by atoms with Gasteiger partial charge in [0, 0.05) is 0 Å². The average Bonchev–Trinajstić information content (AvgIpc) is 2.20. The molecule has 0 fully saturated rings. The monoisotopic (exact) mass is 190 g/mol. The third-order valence-electron chi connectivity index (χ3n) is 2.23. The van der Waals surface area contributed by atoms with Crippen molar-refractivity contribution in [2.75, 3.05) is 0 Å². The summed E-state index contributed by atoms with van der Waals surface area (Å²) in [5, 5.41) is 8.98. The van der Waals surface area contributed by atoms with Crippen molar-refractivity contribution < 1.29 is 9.90 Å². The van der Waals surface area contributed by atoms with Crippen molar-refractivity contribution >= 4 is 11.5 Å². The molecule has 1 aromatic carbocycles. The molecule has 0 aliphatic carbocycles. The molecule has 0 saturated heterocycles. The van der Waals surface area contributed by atoms with Crippen LogP contribution >= 0.6 is 0 Å². The van der Waals surface area contributed by atoms with E-state index >= 15 is 0 Å². The molecule has 0 heterocycles. The van der Waals surface area contributed by atoms with E-state index in [4.69, 9.17) is 5.11 Å². The van der Waals surface area contributed by atoms with Crippen molar-refractivity contribution in [3.8, 4) is 0 Å². The average molecular weight is 190 g/mol. The Morgan fingerprint density at radius 1 is 1.36 bits per heavy atom. The van der Waals surface area contributed by atoms with Gasteiger partial charge in [0.2, 0.25) is 0 Å². The SMILES string of the molecule is CC=C(CC)c1ccccc1C(=O)O. The molecular weight excluding hydrogens is 176 g/mol. The van der Waals surface area contributed by atoms with Gasteiger partial charge in [-0.2, -0.15) is 0 Å². The number of allylic oxidation sites excluding steroid dienone is 2. The maximum absolute atomic E-state index is 10.9. The van der Waals surface area contributed by atoms with Gasteiger partial charge in [0.05, 0.1) is 5.56 Å². The quantitative estimate of drug-likeness (QED) is 0.794. The summed E-state index contributed by atoms with van der Waals surface area (Å²) < 4.78 is 0. The maximum Gasteiger partial charge on any atom is 0.336 e. The summed E-state index contributed by atoms with van der Waals surface area (Å²) in [5.41, 5.74) is 2.27. The Morgan fingerprint density at radius 2 is 1.93 bits per heavy atom. The first-order valence-corrected chi connectivity index (χ1v) is 4.68. The fourth-order valence-electron chi connectivity index (χ4n) is 1.50. The van der Waals surface area contributed by atoms with Crippen LogP contribution in [-0.4, -0.2) is 11.1 Å². The Morgan fingerprint density at radius 3 is 2.36 bits per heavy atom. The fraction of sp³-hybridized carbons (Fsp3) is 0.250. The van der Waals surface area contributed by atoms with Crippen LogP contribution in [-0.2, 0) is 0 Å². The molecule has 0 aliphatic heterocycles. The Labute approximate surface area is 83.9 Å². The zero-order valence-corrected chi connectivity index (χ0v) is 8.45. The van der Waals surface area contributed by atoms with Gasteiger partial charge in [0.25, 0.3) is 0 Å². The lowest BCUT2D eigenvalue weighted by atomic mass is 9.98. The van der Waals surface area contributed by atoms with E-state index in [1.807, 2.05) is 32.1 Å². The molecule has 14 heavy (non-hydrogen) atoms. The Bertz CT molecular complexity index is 364. The van der Waals surface area contributed by atoms with Gasteiger partial charge in [0.1, 0.15) is 0 Å². The van der Waals surface area contributed by atoms with Crippen molar-refractivity contribution in [2.24, 2.45) is 0 Å². The van der Waals surface area contributed by atoms with Crippen LogP contribution in [0.2, 0.25) is 0 Å². The number of hydrogen-bond acceptors (Lipinski definition) is 1. The highest BCUT2D eigenvalue weighted by Gasteiger charge is 2.10. The largest absolute Gasteiger partial charge is 0.478 e. The summed E-state index contributed by atoms with van der Waals surface area (Å²) in [6.07, 6.45) is 2.81. The van der Waals surface area contributed by atoms with Crippen molar-refractivity contribution in [2.45, 2.75) is 20.3 Å². The second-order valence-electron chi connectivity index (χ2n) is 3.02. The summed E-state index contributed by atoms with van der Waals surface area (Å²) in [7, 11) is 0. The van der Waals surface area contributed by atoms with Crippen molar-refractivity contribution in [1.82, 2.24) is 0 Å². The van der Waals surface area contributed by atoms with Crippen molar-refractivity contribution in [1.29, 1.82) is 0 Å². The van der Waals surface area contributed by atoms with E-state index < -0.39 is 5.97 Å². The second kappa shape index (κ2) is 4.61. The third kappa shape index (κ3) is 2.02. The van der Waals surface area contributed by atoms with Gasteiger partial charge >= 0.3 is 5.97 Å². The predicted molar refractivity (Wildman–Crippen MR) is 57.3 cm³/mol. The van der Waals surface area contributed by atoms with Gasteiger partial charge in [-0.05, 0) is 30.5 Å². The molecule has 0 aliphatic rings. The van der Waals surface area contributed by atoms with Gasteiger partial charge in [-0.3, -0.25) is 0 Å². The smallest absolute Gasteiger partial charge is 0.336 e. The molecule has 1 N–H and O–H groups in total. The van der Waals surface area contributed by atoms with Gasteiger partial charge in [-0.1, -0.05) is 31.2 Å². The van der Waals surface area contributed by atoms with E-state index in [0.29, 0.717) is 5.56 Å². The topological polar surface area (TPSA) is 37.3 Å². The molecule has 2 heteroatoms. The molecule has 0 saturated carbocycles. The van der Waals surface area contributed by atoms with Crippen LogP contribution in [0.3, 0.4) is 0 Å². The maximum atomic E-state index is 10.9. The summed E-state index contributed by atoms with van der Waals surface area (Å²) in [6.45, 7) is 3.95. The van der Waals surface area contributed by atoms with E-state index in [9.17, 15) is 4.79 Å². The van der Waals surface area contributed by atoms with E-state index in [1.54, 1.807) is 12.1 Å². The Hall–Kier alpha value is -1.57. The molecule has 1 aromatic rings. The van der Waals surface area contributed by atoms with Crippen LogP contribution in [0, 0.1) is 0 Å². The van der Waals surface area contributed by atoms with Crippen LogP contribution < -0.4 is 0 Å². The van der Waals surface area contributed by atoms with Crippen molar-refractivity contribution in [3.63, 3.8) is 0 Å². The molecule has 0 atom stereocenters. The van der Waals surface area contributed by atoms with E-state index in [-0.39, 0.29) is 0 Å². The van der Waals surface area contributed by atoms with Crippen molar-refractivity contribution in [3.05, 3.63) is 41.5 Å². The minimum absolute atomic E-state index is 0.377. The van der Waals surface area contributed by atoms with Crippen LogP contribution in [0.15, 0.2) is 30.3 Å². The lowest BCUT2D eigenvalue weighted by Crippen LogP contribution is -2.01. The van der Waals surface area contributed by atoms with Crippen LogP contribution in [0.25, 0.3) is 5.57 Å². The second-order valence-corrected chi connectivity index (χ2v) is 3.02. The van der Waals surface area contributed by atoms with Gasteiger partial charge in [-0.25, -0.2) is 4.79 Å². The molecular formula is C12H14O2. The third-order valence-corrected chi connectivity index (χ3v) is 2.23. The van der Waals surface area contributed by atoms with E-state index in [2.05, 4.69) is 0 Å². The van der Waals surface area contributed by atoms with Gasteiger partial charge < -0.3 is 5.11 Å². The molecule has 0 radical (unpaired) electrons. The van der Waals surface area contributed by atoms with Crippen LogP contribution in [0.4, 0.5) is 0 Å². The van der Waals surface area contributed by atoms with Crippen LogP contribution in [0.5, 0.6) is 0 Å². The number of hydrogen-bond donors (Lipinski definition) is 1. The normalized spacial score (nSPS) is 11.4. The van der Waals surface area contributed by atoms with Gasteiger partial charge in [0.15, 0.2) is 0 Å². The zero-order chi connectivity index (χ0) is 10.6. The number of rotatable bonds is 3. The van der Waals surface area contributed by atoms with Gasteiger partial charge in [-0.15, -0.1) is 0 Å². The first kappa shape index (κ1) is 10.5. The molecule has 0 unspecified atom stereocenters. The number of carbonyl (C=O) groups is 1. The predicted octanol–water partition coefficient (Wildman–Crippen LogP) is 3.20. The first-order chi connectivity index (χ1) is 6.70. The number of benzene rings is 1. The lowest BCUT2D eigenvalue weighted by molar-refractivity contribution is 0.0696. The number of carboxylic acid groups (broad SMARTS) is 1. The molecule has 0 amide bonds. The fourth-order valence-corrected chi connectivity index (χ4v) is 1.50. The minimum Gasteiger partial charge on any atom is -0.478 e. The molecule has 0 aromatic heterocycles. The molecule has 0 spiro atoms. The highest BCUT2D eigenvalue weighted by Crippen LogP contribution is 2.21. The molecule has 0 bridgehead atoms. The molecule has 2 nitrogen and oxygen atoms in total. The zero-order valence-electron chi connectivity index (χ0n) is 8.45. The summed E-state index contributed by atoms with van der Waals surface area (Å²) in [6, 6.07) is 7.09. The summed E-state index contributed by atoms with van der Waals surface area (Å²) in [5.74, 6) is -0.867.